The first-order valence-corrected chi connectivity index (χ1v) is 13.5. The highest BCUT2D eigenvalue weighted by atomic mass is 35.5. The first-order valence-electron chi connectivity index (χ1n) is 12.8. The number of nitrogens with one attached hydrogen (secondary N) is 4. The molecule has 0 saturated carbocycles. The third-order valence-electron chi connectivity index (χ3n) is 5.87. The molecule has 0 radical (unpaired) electrons. The van der Waals surface area contributed by atoms with E-state index >= 15 is 0 Å². The molecule has 2 aromatic heterocycles. The number of ether oxygens (including phenoxy) is 1. The van der Waals surface area contributed by atoms with Crippen molar-refractivity contribution >= 4 is 52.6 Å². The summed E-state index contributed by atoms with van der Waals surface area (Å²) in [4.78, 5) is 28.6. The molecule has 214 valence electrons. The Kier molecular flexibility index (Phi) is 10.0. The Morgan fingerprint density at radius 2 is 1.76 bits per heavy atom. The van der Waals surface area contributed by atoms with Crippen molar-refractivity contribution in [2.24, 2.45) is 0 Å². The van der Waals surface area contributed by atoms with Gasteiger partial charge in [-0.15, -0.1) is 0 Å². The summed E-state index contributed by atoms with van der Waals surface area (Å²) in [6, 6.07) is 14.3. The monoisotopic (exact) mass is 597 g/mol. The molecule has 11 nitrogen and oxygen atoms in total. The Labute approximate surface area is 246 Å². The molecule has 0 unspecified atom stereocenters. The van der Waals surface area contributed by atoms with Gasteiger partial charge in [-0.2, -0.15) is 5.10 Å². The molecule has 4 aromatic rings. The third kappa shape index (κ3) is 7.66. The van der Waals surface area contributed by atoms with E-state index in [9.17, 15) is 14.7 Å². The Bertz CT molecular complexity index is 1530. The molecule has 5 N–H and O–H groups in total. The predicted molar refractivity (Wildman–Crippen MR) is 160 cm³/mol. The molecule has 0 spiro atoms. The van der Waals surface area contributed by atoms with Crippen molar-refractivity contribution in [2.75, 3.05) is 23.0 Å². The lowest BCUT2D eigenvalue weighted by Gasteiger charge is -2.14. The van der Waals surface area contributed by atoms with E-state index in [1.165, 1.54) is 19.3 Å². The van der Waals surface area contributed by atoms with Gasteiger partial charge in [0.1, 0.15) is 28.2 Å². The summed E-state index contributed by atoms with van der Waals surface area (Å²) < 4.78 is 7.47. The van der Waals surface area contributed by atoms with E-state index in [1.54, 1.807) is 35.0 Å². The van der Waals surface area contributed by atoms with Gasteiger partial charge < -0.3 is 20.5 Å². The van der Waals surface area contributed by atoms with Crippen LogP contribution in [-0.4, -0.2) is 39.0 Å². The van der Waals surface area contributed by atoms with E-state index in [4.69, 9.17) is 27.9 Å². The summed E-state index contributed by atoms with van der Waals surface area (Å²) in [5, 5.41) is 24.7. The zero-order valence-electron chi connectivity index (χ0n) is 22.4. The fourth-order valence-electron chi connectivity index (χ4n) is 3.76. The third-order valence-corrected chi connectivity index (χ3v) is 6.74. The van der Waals surface area contributed by atoms with Crippen molar-refractivity contribution in [3.05, 3.63) is 82.1 Å². The van der Waals surface area contributed by atoms with Gasteiger partial charge in [-0.3, -0.25) is 10.6 Å². The molecule has 4 amide bonds. The first kappa shape index (κ1) is 29.7. The number of hydrogen-bond donors (Lipinski definition) is 5. The Balaban J connectivity index is 1.49. The average molecular weight is 598 g/mol. The second-order valence-electron chi connectivity index (χ2n) is 8.86. The molecule has 2 aromatic carbocycles. The molecular weight excluding hydrogens is 569 g/mol. The van der Waals surface area contributed by atoms with Gasteiger partial charge in [0.25, 0.3) is 0 Å². The van der Waals surface area contributed by atoms with Crippen molar-refractivity contribution < 1.29 is 19.4 Å². The van der Waals surface area contributed by atoms with Crippen molar-refractivity contribution in [3.63, 3.8) is 0 Å². The number of carbonyl (C=O) groups excluding carboxylic acids is 2. The molecule has 0 aliphatic rings. The average Bonchev–Trinajstić information content (AvgIpc) is 3.38. The molecule has 0 saturated heterocycles. The quantitative estimate of drug-likeness (QED) is 0.139. The molecule has 0 bridgehead atoms. The van der Waals surface area contributed by atoms with E-state index < -0.39 is 12.1 Å². The number of aromatic nitrogens is 3. The topological polar surface area (TPSA) is 142 Å². The summed E-state index contributed by atoms with van der Waals surface area (Å²) in [5.41, 5.74) is 2.60. The number of carbonyl (C=O) groups is 2. The molecule has 0 fully saturated rings. The van der Waals surface area contributed by atoms with Gasteiger partial charge in [0, 0.05) is 25.4 Å². The second-order valence-corrected chi connectivity index (χ2v) is 9.62. The van der Waals surface area contributed by atoms with Gasteiger partial charge in [0.05, 0.1) is 28.7 Å². The predicted octanol–water partition coefficient (Wildman–Crippen LogP) is 6.60. The Morgan fingerprint density at radius 1 is 0.976 bits per heavy atom. The lowest BCUT2D eigenvalue weighted by atomic mass is 10.2. The summed E-state index contributed by atoms with van der Waals surface area (Å²) in [6.07, 6.45) is 4.20. The minimum Gasteiger partial charge on any atom is -0.456 e. The van der Waals surface area contributed by atoms with Gasteiger partial charge in [-0.25, -0.2) is 19.3 Å². The van der Waals surface area contributed by atoms with Crippen LogP contribution in [0.15, 0.2) is 60.8 Å². The number of rotatable bonds is 10. The largest absolute Gasteiger partial charge is 0.456 e. The molecule has 2 heterocycles. The van der Waals surface area contributed by atoms with Gasteiger partial charge in [-0.05, 0) is 48.7 Å². The number of benzene rings is 2. The lowest BCUT2D eigenvalue weighted by Crippen LogP contribution is -2.24. The minimum atomic E-state index is -0.550. The van der Waals surface area contributed by atoms with Crippen LogP contribution in [0.3, 0.4) is 0 Å². The highest BCUT2D eigenvalue weighted by Crippen LogP contribution is 2.39. The van der Waals surface area contributed by atoms with E-state index in [2.05, 4.69) is 38.3 Å². The fourth-order valence-corrected chi connectivity index (χ4v) is 4.17. The number of amides is 4. The number of aryl methyl sites for hydroxylation is 1. The Hall–Kier alpha value is -4.32. The second kappa shape index (κ2) is 13.8. The number of aliphatic hydroxyl groups excluding tert-OH is 1. The van der Waals surface area contributed by atoms with Crippen LogP contribution in [0.5, 0.6) is 11.5 Å². The van der Waals surface area contributed by atoms with Crippen molar-refractivity contribution in [3.8, 4) is 17.2 Å². The van der Waals surface area contributed by atoms with Crippen LogP contribution in [0.25, 0.3) is 5.69 Å². The van der Waals surface area contributed by atoms with Crippen LogP contribution in [0.2, 0.25) is 10.0 Å². The van der Waals surface area contributed by atoms with Gasteiger partial charge >= 0.3 is 12.1 Å². The smallest absolute Gasteiger partial charge is 0.324 e. The maximum Gasteiger partial charge on any atom is 0.324 e. The standard InChI is InChI=1S/C28H29Cl2N7O4/c1-3-4-5-18-14-24(37(36-18)19-8-6-17(16-38)7-9-19)35-28(40)33-21-10-11-22(26(30)25(21)29)41-20-12-13-32-23(15-20)34-27(39)31-2/h6-15,38H,3-5,16H2,1-2H3,(H2,33,35,40)(H2,31,32,34,39). The van der Waals surface area contributed by atoms with Crippen LogP contribution in [0.4, 0.5) is 26.9 Å². The molecule has 0 atom stereocenters. The highest BCUT2D eigenvalue weighted by molar-refractivity contribution is 6.45. The number of urea groups is 2. The summed E-state index contributed by atoms with van der Waals surface area (Å²) in [7, 11) is 1.49. The first-order chi connectivity index (χ1) is 19.8. The number of nitrogens with zero attached hydrogens (tertiary/aromatic N) is 3. The maximum atomic E-state index is 13.0. The zero-order chi connectivity index (χ0) is 29.4. The molecule has 4 rings (SSSR count). The van der Waals surface area contributed by atoms with Crippen LogP contribution in [0.1, 0.15) is 31.0 Å². The maximum absolute atomic E-state index is 13.0. The summed E-state index contributed by atoms with van der Waals surface area (Å²) in [5.74, 6) is 1.35. The van der Waals surface area contributed by atoms with Crippen LogP contribution < -0.4 is 26.0 Å². The molecule has 0 aliphatic carbocycles. The summed E-state index contributed by atoms with van der Waals surface area (Å²) in [6.45, 7) is 2.03. The number of hydrogen-bond acceptors (Lipinski definition) is 6. The zero-order valence-corrected chi connectivity index (χ0v) is 23.9. The van der Waals surface area contributed by atoms with Crippen LogP contribution in [-0.2, 0) is 13.0 Å². The highest BCUT2D eigenvalue weighted by Gasteiger charge is 2.17. The van der Waals surface area contributed by atoms with Crippen molar-refractivity contribution in [1.82, 2.24) is 20.1 Å². The van der Waals surface area contributed by atoms with Crippen LogP contribution in [0, 0.1) is 0 Å². The number of halogens is 2. The number of aliphatic hydroxyl groups is 1. The normalized spacial score (nSPS) is 10.7. The van der Waals surface area contributed by atoms with Gasteiger partial charge in [-0.1, -0.05) is 48.7 Å². The van der Waals surface area contributed by atoms with E-state index in [0.29, 0.717) is 11.6 Å². The van der Waals surface area contributed by atoms with Crippen molar-refractivity contribution in [1.29, 1.82) is 0 Å². The van der Waals surface area contributed by atoms with Crippen LogP contribution >= 0.6 is 23.2 Å². The lowest BCUT2D eigenvalue weighted by molar-refractivity contribution is 0.254. The number of unbranched alkanes of at least 4 members (excludes halogenated alkanes) is 1. The van der Waals surface area contributed by atoms with E-state index in [1.807, 2.05) is 18.2 Å². The molecule has 41 heavy (non-hydrogen) atoms. The fraction of sp³-hybridized carbons (Fsp3) is 0.214. The SMILES string of the molecule is CCCCc1cc(NC(=O)Nc2ccc(Oc3ccnc(NC(=O)NC)c3)c(Cl)c2Cl)n(-c2ccc(CO)cc2)n1. The molecule has 0 aliphatic heterocycles. The molecular formula is C28H29Cl2N7O4. The van der Waals surface area contributed by atoms with Gasteiger partial charge in [0.2, 0.25) is 0 Å². The minimum absolute atomic E-state index is 0.0692. The Morgan fingerprint density at radius 3 is 2.46 bits per heavy atom. The van der Waals surface area contributed by atoms with E-state index in [-0.39, 0.29) is 33.9 Å². The van der Waals surface area contributed by atoms with Gasteiger partial charge in [0.15, 0.2) is 0 Å². The molecule has 13 heteroatoms. The summed E-state index contributed by atoms with van der Waals surface area (Å²) >= 11 is 12.9. The number of anilines is 3. The van der Waals surface area contributed by atoms with Crippen molar-refractivity contribution in [2.45, 2.75) is 32.8 Å². The number of pyridine rings is 1. The van der Waals surface area contributed by atoms with E-state index in [0.717, 1.165) is 36.2 Å².